The average Bonchev–Trinajstić information content (AvgIpc) is 3.46. The fraction of sp³-hybridized carbons (Fsp3) is 0.0769. The minimum atomic E-state index is -1.10. The number of hydrogen-bond acceptors (Lipinski definition) is 7. The van der Waals surface area contributed by atoms with E-state index in [0.717, 1.165) is 33.9 Å². The Kier molecular flexibility index (Phi) is 7.05. The van der Waals surface area contributed by atoms with Crippen molar-refractivity contribution in [3.8, 4) is 0 Å². The molecule has 0 spiro atoms. The van der Waals surface area contributed by atoms with Gasteiger partial charge in [-0.25, -0.2) is 8.78 Å². The van der Waals surface area contributed by atoms with Gasteiger partial charge in [0.05, 0.1) is 11.6 Å². The highest BCUT2D eigenvalue weighted by molar-refractivity contribution is 8.00. The molecule has 3 aromatic carbocycles. The number of carbonyl (C=O) groups is 2. The monoisotopic (exact) mass is 555 g/mol. The molecule has 5 rings (SSSR count). The molecular weight excluding hydrogens is 540 g/mol. The van der Waals surface area contributed by atoms with Gasteiger partial charge in [0.2, 0.25) is 5.13 Å². The first kappa shape index (κ1) is 25.1. The first-order chi connectivity index (χ1) is 17.8. The maximum atomic E-state index is 13.7. The number of aliphatic hydroxyl groups is 1. The number of aliphatic hydroxyl groups excluding tert-OH is 1. The molecule has 11 heteroatoms. The number of carbonyl (C=O) groups excluding carboxylic acids is 2. The molecule has 1 atom stereocenters. The van der Waals surface area contributed by atoms with E-state index in [1.807, 2.05) is 18.2 Å². The Morgan fingerprint density at radius 1 is 0.973 bits per heavy atom. The lowest BCUT2D eigenvalue weighted by atomic mass is 9.95. The maximum Gasteiger partial charge on any atom is 0.301 e. The normalized spacial score (nSPS) is 16.9. The predicted molar refractivity (Wildman–Crippen MR) is 139 cm³/mol. The molecule has 1 saturated heterocycles. The zero-order valence-corrected chi connectivity index (χ0v) is 21.2. The van der Waals surface area contributed by atoms with Crippen LogP contribution >= 0.6 is 34.7 Å². The standard InChI is InChI=1S/C26H16ClF2N3O3S2/c27-19-4-2-1-3-16(19)13-36-26-31-30-25(37-26)32-21(14-5-9-17(28)10-6-14)20(23(34)24(32)35)22(33)15-7-11-18(29)12-8-15/h1-12,21,33H,13H2/b22-20-. The minimum Gasteiger partial charge on any atom is -0.507 e. The number of anilines is 1. The van der Waals surface area contributed by atoms with Crippen molar-refractivity contribution in [1.29, 1.82) is 0 Å². The molecule has 1 aliphatic rings. The van der Waals surface area contributed by atoms with E-state index in [4.69, 9.17) is 11.6 Å². The fourth-order valence-electron chi connectivity index (χ4n) is 3.87. The Bertz CT molecular complexity index is 1520. The van der Waals surface area contributed by atoms with Gasteiger partial charge in [-0.2, -0.15) is 0 Å². The summed E-state index contributed by atoms with van der Waals surface area (Å²) in [6.07, 6.45) is 0. The van der Waals surface area contributed by atoms with Crippen LogP contribution in [0.25, 0.3) is 5.76 Å². The number of aromatic nitrogens is 2. The molecule has 0 radical (unpaired) electrons. The lowest BCUT2D eigenvalue weighted by molar-refractivity contribution is -0.132. The zero-order valence-electron chi connectivity index (χ0n) is 18.8. The van der Waals surface area contributed by atoms with Gasteiger partial charge < -0.3 is 5.11 Å². The Morgan fingerprint density at radius 3 is 2.30 bits per heavy atom. The van der Waals surface area contributed by atoms with Gasteiger partial charge in [-0.15, -0.1) is 10.2 Å². The zero-order chi connectivity index (χ0) is 26.1. The van der Waals surface area contributed by atoms with Gasteiger partial charge in [0, 0.05) is 16.3 Å². The van der Waals surface area contributed by atoms with Crippen molar-refractivity contribution in [2.24, 2.45) is 0 Å². The van der Waals surface area contributed by atoms with Gasteiger partial charge in [0.1, 0.15) is 17.4 Å². The molecule has 4 aromatic rings. The Morgan fingerprint density at radius 2 is 1.62 bits per heavy atom. The summed E-state index contributed by atoms with van der Waals surface area (Å²) in [7, 11) is 0. The van der Waals surface area contributed by atoms with Crippen LogP contribution in [0.5, 0.6) is 0 Å². The SMILES string of the molecule is O=C1C(=O)N(c2nnc(SCc3ccccc3Cl)s2)C(c2ccc(F)cc2)/C1=C(/O)c1ccc(F)cc1. The predicted octanol–water partition coefficient (Wildman–Crippen LogP) is 6.39. The van der Waals surface area contributed by atoms with Gasteiger partial charge in [-0.3, -0.25) is 14.5 Å². The summed E-state index contributed by atoms with van der Waals surface area (Å²) in [6, 6.07) is 16.4. The minimum absolute atomic E-state index is 0.135. The summed E-state index contributed by atoms with van der Waals surface area (Å²) in [5.74, 6) is -2.86. The summed E-state index contributed by atoms with van der Waals surface area (Å²) in [5.41, 5.74) is 1.21. The number of amides is 1. The summed E-state index contributed by atoms with van der Waals surface area (Å²) in [5, 5.41) is 20.1. The molecule has 1 fully saturated rings. The second-order valence-electron chi connectivity index (χ2n) is 7.96. The van der Waals surface area contributed by atoms with Crippen LogP contribution in [0.15, 0.2) is 82.7 Å². The van der Waals surface area contributed by atoms with Crippen molar-refractivity contribution in [2.75, 3.05) is 4.90 Å². The van der Waals surface area contributed by atoms with Crippen LogP contribution in [0.4, 0.5) is 13.9 Å². The topological polar surface area (TPSA) is 83.4 Å². The molecule has 1 aromatic heterocycles. The van der Waals surface area contributed by atoms with E-state index >= 15 is 0 Å². The number of thioether (sulfide) groups is 1. The fourth-order valence-corrected chi connectivity index (χ4v) is 6.02. The summed E-state index contributed by atoms with van der Waals surface area (Å²) in [6.45, 7) is 0. The third-order valence-electron chi connectivity index (χ3n) is 5.66. The van der Waals surface area contributed by atoms with Crippen LogP contribution in [0.2, 0.25) is 5.02 Å². The van der Waals surface area contributed by atoms with Crippen molar-refractivity contribution in [3.63, 3.8) is 0 Å². The molecule has 0 aliphatic carbocycles. The highest BCUT2D eigenvalue weighted by Crippen LogP contribution is 2.44. The first-order valence-corrected chi connectivity index (χ1v) is 13.0. The van der Waals surface area contributed by atoms with Gasteiger partial charge in [-0.1, -0.05) is 65.0 Å². The van der Waals surface area contributed by atoms with Crippen molar-refractivity contribution < 1.29 is 23.5 Å². The van der Waals surface area contributed by atoms with Crippen LogP contribution in [-0.2, 0) is 15.3 Å². The molecule has 0 saturated carbocycles. The van der Waals surface area contributed by atoms with Gasteiger partial charge in [0.25, 0.3) is 5.78 Å². The second-order valence-corrected chi connectivity index (χ2v) is 10.5. The van der Waals surface area contributed by atoms with Crippen molar-refractivity contribution in [1.82, 2.24) is 10.2 Å². The lowest BCUT2D eigenvalue weighted by Gasteiger charge is -2.22. The van der Waals surface area contributed by atoms with E-state index < -0.39 is 35.1 Å². The highest BCUT2D eigenvalue weighted by Gasteiger charge is 2.48. The van der Waals surface area contributed by atoms with Crippen LogP contribution in [0.1, 0.15) is 22.7 Å². The molecule has 2 heterocycles. The van der Waals surface area contributed by atoms with Crippen molar-refractivity contribution in [2.45, 2.75) is 16.1 Å². The van der Waals surface area contributed by atoms with E-state index in [9.17, 15) is 23.5 Å². The van der Waals surface area contributed by atoms with Gasteiger partial charge >= 0.3 is 5.91 Å². The number of benzene rings is 3. The average molecular weight is 556 g/mol. The molecule has 37 heavy (non-hydrogen) atoms. The molecule has 6 nitrogen and oxygen atoms in total. The number of hydrogen-bond donors (Lipinski definition) is 1. The van der Waals surface area contributed by atoms with E-state index in [0.29, 0.717) is 20.7 Å². The lowest BCUT2D eigenvalue weighted by Crippen LogP contribution is -2.29. The quantitative estimate of drug-likeness (QED) is 0.0976. The molecule has 1 unspecified atom stereocenters. The molecule has 1 aliphatic heterocycles. The number of halogens is 3. The summed E-state index contributed by atoms with van der Waals surface area (Å²) in [4.78, 5) is 27.5. The second kappa shape index (κ2) is 10.4. The third-order valence-corrected chi connectivity index (χ3v) is 8.13. The molecule has 0 bridgehead atoms. The van der Waals surface area contributed by atoms with Crippen molar-refractivity contribution in [3.05, 3.63) is 112 Å². The third kappa shape index (κ3) is 5.00. The van der Waals surface area contributed by atoms with E-state index in [1.165, 1.54) is 48.2 Å². The van der Waals surface area contributed by atoms with E-state index in [2.05, 4.69) is 10.2 Å². The van der Waals surface area contributed by atoms with Crippen LogP contribution in [0, 0.1) is 11.6 Å². The number of nitrogens with zero attached hydrogens (tertiary/aromatic N) is 3. The smallest absolute Gasteiger partial charge is 0.301 e. The van der Waals surface area contributed by atoms with Crippen LogP contribution < -0.4 is 4.90 Å². The van der Waals surface area contributed by atoms with Gasteiger partial charge in [0.15, 0.2) is 4.34 Å². The molecule has 1 N–H and O–H groups in total. The highest BCUT2D eigenvalue weighted by atomic mass is 35.5. The number of ketones is 1. The van der Waals surface area contributed by atoms with E-state index in [-0.39, 0.29) is 16.3 Å². The largest absolute Gasteiger partial charge is 0.507 e. The summed E-state index contributed by atoms with van der Waals surface area (Å²) >= 11 is 8.69. The Balaban J connectivity index is 1.54. The number of rotatable bonds is 6. The van der Waals surface area contributed by atoms with Crippen molar-refractivity contribution >= 4 is 57.3 Å². The summed E-state index contributed by atoms with van der Waals surface area (Å²) < 4.78 is 27.7. The Labute approximate surface area is 223 Å². The first-order valence-electron chi connectivity index (χ1n) is 10.9. The van der Waals surface area contributed by atoms with Gasteiger partial charge in [-0.05, 0) is 53.6 Å². The van der Waals surface area contributed by atoms with E-state index in [1.54, 1.807) is 6.07 Å². The molecular formula is C26H16ClF2N3O3S2. The Hall–Kier alpha value is -3.60. The number of Topliss-reactive ketones (excluding diaryl/α,β-unsaturated/α-hetero) is 1. The van der Waals surface area contributed by atoms with Crippen LogP contribution in [-0.4, -0.2) is 27.0 Å². The molecule has 1 amide bonds. The molecule has 186 valence electrons. The van der Waals surface area contributed by atoms with Crippen LogP contribution in [0.3, 0.4) is 0 Å². The maximum absolute atomic E-state index is 13.7.